The molecule has 6 heteroatoms. The minimum absolute atomic E-state index is 0.0667. The molecule has 0 spiro atoms. The summed E-state index contributed by atoms with van der Waals surface area (Å²) in [6, 6.07) is 0. The van der Waals surface area contributed by atoms with Crippen molar-refractivity contribution in [2.45, 2.75) is 419 Å². The summed E-state index contributed by atoms with van der Waals surface area (Å²) >= 11 is 0. The van der Waals surface area contributed by atoms with Crippen molar-refractivity contribution in [2.24, 2.45) is 0 Å². The third-order valence-corrected chi connectivity index (χ3v) is 16.7. The summed E-state index contributed by atoms with van der Waals surface area (Å²) < 4.78 is 17.0. The van der Waals surface area contributed by atoms with E-state index < -0.39 is 6.10 Å². The van der Waals surface area contributed by atoms with Crippen LogP contribution in [0.5, 0.6) is 0 Å². The molecule has 1 atom stereocenters. The highest BCUT2D eigenvalue weighted by Crippen LogP contribution is 2.19. The van der Waals surface area contributed by atoms with E-state index in [0.29, 0.717) is 19.3 Å². The van der Waals surface area contributed by atoms with Crippen LogP contribution in [0.2, 0.25) is 0 Å². The number of hydrogen-bond acceptors (Lipinski definition) is 6. The largest absolute Gasteiger partial charge is 0.462 e. The van der Waals surface area contributed by atoms with E-state index in [1.165, 1.54) is 315 Å². The lowest BCUT2D eigenvalue weighted by Gasteiger charge is -2.18. The average molecular weight is 1130 g/mol. The quantitative estimate of drug-likeness (QED) is 0.0261. The SMILES string of the molecule is CCCCCCCC/C=C\CCCCCCCCCC(=O)OCC(COC(=O)CCCCCCCCCCCCCCC/C=C\CCCCCCCCCC)OC(=O)CCCCCCCCCCCCCCCCCCCCCC. The molecule has 0 N–H and O–H groups in total. The standard InChI is InChI=1S/C74H140O6/c1-4-7-10-13-16-19-22-25-28-31-33-35-36-37-38-39-41-43-46-49-52-55-58-61-64-67-73(76)79-70-71(69-78-72(75)66-63-60-57-54-51-48-45-42-30-27-24-21-18-15-12-9-6-3)80-74(77)68-65-62-59-56-53-50-47-44-40-34-32-29-26-23-20-17-14-11-8-5-2/h27,30-31,33,71H,4-26,28-29,32,34-70H2,1-3H3/b30-27-,33-31-. The zero-order valence-electron chi connectivity index (χ0n) is 54.4. The molecule has 0 heterocycles. The molecule has 0 aromatic rings. The predicted octanol–water partition coefficient (Wildman–Crippen LogP) is 25.0. The van der Waals surface area contributed by atoms with Crippen LogP contribution in [0.4, 0.5) is 0 Å². The molecule has 0 aromatic carbocycles. The predicted molar refractivity (Wildman–Crippen MR) is 349 cm³/mol. The van der Waals surface area contributed by atoms with Crippen molar-refractivity contribution in [1.29, 1.82) is 0 Å². The third kappa shape index (κ3) is 66.7. The molecular weight excluding hydrogens is 985 g/mol. The fraction of sp³-hybridized carbons (Fsp3) is 0.905. The smallest absolute Gasteiger partial charge is 0.306 e. The lowest BCUT2D eigenvalue weighted by Crippen LogP contribution is -2.30. The van der Waals surface area contributed by atoms with E-state index in [-0.39, 0.29) is 31.1 Å². The summed E-state index contributed by atoms with van der Waals surface area (Å²) in [6.07, 6.45) is 84.9. The van der Waals surface area contributed by atoms with Crippen LogP contribution in [-0.2, 0) is 28.6 Å². The highest BCUT2D eigenvalue weighted by atomic mass is 16.6. The van der Waals surface area contributed by atoms with E-state index in [9.17, 15) is 14.4 Å². The molecule has 0 saturated carbocycles. The van der Waals surface area contributed by atoms with Crippen molar-refractivity contribution in [3.05, 3.63) is 24.3 Å². The van der Waals surface area contributed by atoms with Crippen LogP contribution >= 0.6 is 0 Å². The van der Waals surface area contributed by atoms with Crippen LogP contribution in [-0.4, -0.2) is 37.2 Å². The summed E-state index contributed by atoms with van der Waals surface area (Å²) in [6.45, 7) is 6.72. The maximum absolute atomic E-state index is 13.0. The number of allylic oxidation sites excluding steroid dienone is 4. The zero-order valence-corrected chi connectivity index (χ0v) is 54.4. The number of carbonyl (C=O) groups excluding carboxylic acids is 3. The molecule has 0 bridgehead atoms. The van der Waals surface area contributed by atoms with Gasteiger partial charge in [0.05, 0.1) is 0 Å². The van der Waals surface area contributed by atoms with Gasteiger partial charge in [0.15, 0.2) is 6.10 Å². The summed E-state index contributed by atoms with van der Waals surface area (Å²) in [7, 11) is 0. The van der Waals surface area contributed by atoms with Gasteiger partial charge in [0.25, 0.3) is 0 Å². The number of hydrogen-bond donors (Lipinski definition) is 0. The molecule has 0 rings (SSSR count). The van der Waals surface area contributed by atoms with Gasteiger partial charge in [-0.2, -0.15) is 0 Å². The fourth-order valence-corrected chi connectivity index (χ4v) is 11.2. The molecule has 472 valence electrons. The van der Waals surface area contributed by atoms with E-state index in [2.05, 4.69) is 45.1 Å². The van der Waals surface area contributed by atoms with E-state index >= 15 is 0 Å². The van der Waals surface area contributed by atoms with Crippen molar-refractivity contribution in [3.8, 4) is 0 Å². The van der Waals surface area contributed by atoms with Gasteiger partial charge >= 0.3 is 17.9 Å². The Kier molecular flexibility index (Phi) is 67.6. The first-order valence-corrected chi connectivity index (χ1v) is 36.3. The number of rotatable bonds is 68. The Balaban J connectivity index is 4.27. The van der Waals surface area contributed by atoms with Gasteiger partial charge in [-0.25, -0.2) is 0 Å². The maximum atomic E-state index is 13.0. The fourth-order valence-electron chi connectivity index (χ4n) is 11.2. The molecule has 0 aromatic heterocycles. The summed E-state index contributed by atoms with van der Waals surface area (Å²) in [5.74, 6) is -0.837. The van der Waals surface area contributed by atoms with Gasteiger partial charge in [0.1, 0.15) is 13.2 Å². The Labute approximate surface area is 500 Å². The van der Waals surface area contributed by atoms with Crippen LogP contribution in [0, 0.1) is 0 Å². The Bertz CT molecular complexity index is 1290. The van der Waals surface area contributed by atoms with Crippen LogP contribution in [0.25, 0.3) is 0 Å². The van der Waals surface area contributed by atoms with E-state index in [1.54, 1.807) is 0 Å². The van der Waals surface area contributed by atoms with Crippen LogP contribution in [0.3, 0.4) is 0 Å². The summed E-state index contributed by atoms with van der Waals surface area (Å²) in [4.78, 5) is 38.5. The molecule has 0 aliphatic carbocycles. The second-order valence-electron chi connectivity index (χ2n) is 24.9. The number of ether oxygens (including phenoxy) is 3. The molecule has 0 aliphatic rings. The van der Waals surface area contributed by atoms with Crippen molar-refractivity contribution in [2.75, 3.05) is 13.2 Å². The number of carbonyl (C=O) groups is 3. The van der Waals surface area contributed by atoms with Crippen LogP contribution in [0.1, 0.15) is 412 Å². The molecule has 6 nitrogen and oxygen atoms in total. The highest BCUT2D eigenvalue weighted by Gasteiger charge is 2.19. The van der Waals surface area contributed by atoms with Crippen molar-refractivity contribution < 1.29 is 28.6 Å². The van der Waals surface area contributed by atoms with Crippen LogP contribution in [0.15, 0.2) is 24.3 Å². The first-order valence-electron chi connectivity index (χ1n) is 36.3. The Hall–Kier alpha value is -2.11. The molecule has 0 radical (unpaired) electrons. The maximum Gasteiger partial charge on any atom is 0.306 e. The first-order chi connectivity index (χ1) is 39.5. The number of esters is 3. The lowest BCUT2D eigenvalue weighted by molar-refractivity contribution is -0.167. The van der Waals surface area contributed by atoms with Gasteiger partial charge < -0.3 is 14.2 Å². The molecule has 0 fully saturated rings. The summed E-state index contributed by atoms with van der Waals surface area (Å²) in [5.41, 5.74) is 0. The first kappa shape index (κ1) is 77.9. The monoisotopic (exact) mass is 1130 g/mol. The highest BCUT2D eigenvalue weighted by molar-refractivity contribution is 5.71. The van der Waals surface area contributed by atoms with Crippen LogP contribution < -0.4 is 0 Å². The lowest BCUT2D eigenvalue weighted by atomic mass is 10.0. The molecule has 1 unspecified atom stereocenters. The van der Waals surface area contributed by atoms with Crippen molar-refractivity contribution >= 4 is 17.9 Å². The minimum atomic E-state index is -0.771. The third-order valence-electron chi connectivity index (χ3n) is 16.7. The summed E-state index contributed by atoms with van der Waals surface area (Å²) in [5, 5.41) is 0. The Morgan fingerprint density at radius 1 is 0.237 bits per heavy atom. The van der Waals surface area contributed by atoms with E-state index in [4.69, 9.17) is 14.2 Å². The van der Waals surface area contributed by atoms with Gasteiger partial charge in [-0.15, -0.1) is 0 Å². The second kappa shape index (κ2) is 69.4. The molecule has 0 saturated heterocycles. The molecular formula is C74H140O6. The topological polar surface area (TPSA) is 78.9 Å². The second-order valence-corrected chi connectivity index (χ2v) is 24.9. The van der Waals surface area contributed by atoms with Gasteiger partial charge in [-0.1, -0.05) is 347 Å². The Morgan fingerprint density at radius 2 is 0.412 bits per heavy atom. The van der Waals surface area contributed by atoms with Gasteiger partial charge in [-0.3, -0.25) is 14.4 Å². The molecule has 80 heavy (non-hydrogen) atoms. The molecule has 0 amide bonds. The van der Waals surface area contributed by atoms with Gasteiger partial charge in [0, 0.05) is 19.3 Å². The van der Waals surface area contributed by atoms with E-state index in [0.717, 1.165) is 57.8 Å². The number of unbranched alkanes of at least 4 members (excludes halogenated alkanes) is 53. The van der Waals surface area contributed by atoms with Crippen molar-refractivity contribution in [1.82, 2.24) is 0 Å². The Morgan fingerprint density at radius 3 is 0.625 bits per heavy atom. The van der Waals surface area contributed by atoms with Gasteiger partial charge in [-0.05, 0) is 70.6 Å². The zero-order chi connectivity index (χ0) is 57.8. The van der Waals surface area contributed by atoms with Crippen molar-refractivity contribution in [3.63, 3.8) is 0 Å². The van der Waals surface area contributed by atoms with Gasteiger partial charge in [0.2, 0.25) is 0 Å². The normalized spacial score (nSPS) is 12.1. The molecule has 0 aliphatic heterocycles. The van der Waals surface area contributed by atoms with E-state index in [1.807, 2.05) is 0 Å². The average Bonchev–Trinajstić information content (AvgIpc) is 3.46. The minimum Gasteiger partial charge on any atom is -0.462 e.